The third kappa shape index (κ3) is 4.99. The summed E-state index contributed by atoms with van der Waals surface area (Å²) >= 11 is 0. The number of hydrogen-bond acceptors (Lipinski definition) is 5. The van der Waals surface area contributed by atoms with E-state index >= 15 is 0 Å². The monoisotopic (exact) mass is 471 g/mol. The second-order valence-corrected chi connectivity index (χ2v) is 6.82. The molecule has 2 N–H and O–H groups in total. The number of carbonyl (C=O) groups is 1. The van der Waals surface area contributed by atoms with Crippen LogP contribution in [0.5, 0.6) is 11.6 Å². The van der Waals surface area contributed by atoms with Gasteiger partial charge in [-0.3, -0.25) is 4.79 Å². The summed E-state index contributed by atoms with van der Waals surface area (Å²) in [4.78, 5) is 19.3. The summed E-state index contributed by atoms with van der Waals surface area (Å²) in [6.07, 6.45) is -10.2. The van der Waals surface area contributed by atoms with Gasteiger partial charge in [0.05, 0.1) is 0 Å². The number of hydrogen-bond donors (Lipinski definition) is 2. The molecule has 0 fully saturated rings. The van der Waals surface area contributed by atoms with Crippen molar-refractivity contribution in [2.24, 2.45) is 0 Å². The summed E-state index contributed by atoms with van der Waals surface area (Å²) in [6, 6.07) is 4.97. The second kappa shape index (κ2) is 8.96. The summed E-state index contributed by atoms with van der Waals surface area (Å²) in [5.74, 6) is -4.45. The predicted octanol–water partition coefficient (Wildman–Crippen LogP) is 4.94. The van der Waals surface area contributed by atoms with Gasteiger partial charge in [-0.1, -0.05) is 60.7 Å². The molecule has 6 nitrogen and oxygen atoms in total. The van der Waals surface area contributed by atoms with Crippen LogP contribution in [0.15, 0.2) is 67.0 Å². The number of aromatic hydroxyl groups is 2. The van der Waals surface area contributed by atoms with Crippen molar-refractivity contribution in [3.05, 3.63) is 83.8 Å². The van der Waals surface area contributed by atoms with Crippen LogP contribution in [0.1, 0.15) is 33.7 Å². The highest BCUT2D eigenvalue weighted by molar-refractivity contribution is 5.96. The molecule has 1 heterocycles. The maximum Gasteiger partial charge on any atom is 0.413 e. The van der Waals surface area contributed by atoms with Gasteiger partial charge in [-0.05, 0) is 11.1 Å². The number of rotatable bonds is 5. The SMILES string of the molecule is O=C(c1ncnc(O)c1O)N(C(c1ccccc1)C(F)(F)F)C(c1ccccc1)C(F)(F)F. The highest BCUT2D eigenvalue weighted by Crippen LogP contribution is 2.48. The van der Waals surface area contributed by atoms with Crippen LogP contribution in [-0.2, 0) is 0 Å². The molecule has 174 valence electrons. The molecule has 2 aromatic carbocycles. The number of carbonyl (C=O) groups excluding carboxylic acids is 1. The largest absolute Gasteiger partial charge is 0.501 e. The summed E-state index contributed by atoms with van der Waals surface area (Å²) in [5.41, 5.74) is -2.53. The molecule has 0 spiro atoms. The Morgan fingerprint density at radius 3 is 1.58 bits per heavy atom. The maximum absolute atomic E-state index is 14.3. The van der Waals surface area contributed by atoms with E-state index in [1.54, 1.807) is 0 Å². The zero-order valence-corrected chi connectivity index (χ0v) is 16.4. The van der Waals surface area contributed by atoms with Crippen LogP contribution in [0.4, 0.5) is 26.3 Å². The topological polar surface area (TPSA) is 86.5 Å². The van der Waals surface area contributed by atoms with E-state index in [0.717, 1.165) is 24.3 Å². The molecule has 0 aliphatic carbocycles. The van der Waals surface area contributed by atoms with Gasteiger partial charge in [0.25, 0.3) is 11.8 Å². The second-order valence-electron chi connectivity index (χ2n) is 6.82. The van der Waals surface area contributed by atoms with Crippen molar-refractivity contribution in [1.82, 2.24) is 14.9 Å². The third-order valence-electron chi connectivity index (χ3n) is 4.65. The first kappa shape index (κ1) is 23.8. The van der Waals surface area contributed by atoms with Gasteiger partial charge < -0.3 is 15.1 Å². The average Bonchev–Trinajstić information content (AvgIpc) is 2.74. The minimum absolute atomic E-state index is 0.438. The molecule has 1 amide bonds. The van der Waals surface area contributed by atoms with Crippen LogP contribution in [0.2, 0.25) is 0 Å². The zero-order chi connectivity index (χ0) is 24.4. The molecule has 3 aromatic rings. The lowest BCUT2D eigenvalue weighted by Gasteiger charge is -2.40. The first-order valence-corrected chi connectivity index (χ1v) is 9.21. The highest BCUT2D eigenvalue weighted by Gasteiger charge is 2.56. The molecule has 0 radical (unpaired) electrons. The number of benzene rings is 2. The molecule has 0 aliphatic rings. The molecule has 3 rings (SSSR count). The van der Waals surface area contributed by atoms with Crippen LogP contribution < -0.4 is 0 Å². The van der Waals surface area contributed by atoms with E-state index in [1.165, 1.54) is 36.4 Å². The first-order valence-electron chi connectivity index (χ1n) is 9.21. The van der Waals surface area contributed by atoms with Gasteiger partial charge in [-0.25, -0.2) is 4.98 Å². The minimum Gasteiger partial charge on any atom is -0.501 e. The quantitative estimate of drug-likeness (QED) is 0.515. The molecule has 2 unspecified atom stereocenters. The fourth-order valence-electron chi connectivity index (χ4n) is 3.32. The van der Waals surface area contributed by atoms with Gasteiger partial charge in [-0.15, -0.1) is 0 Å². The molecular formula is C21H15F6N3O3. The molecule has 33 heavy (non-hydrogen) atoms. The van der Waals surface area contributed by atoms with Crippen LogP contribution in [0.3, 0.4) is 0 Å². The number of aromatic nitrogens is 2. The maximum atomic E-state index is 14.3. The molecule has 1 aromatic heterocycles. The van der Waals surface area contributed by atoms with E-state index in [4.69, 9.17) is 0 Å². The fraction of sp³-hybridized carbons (Fsp3) is 0.190. The number of halogens is 6. The van der Waals surface area contributed by atoms with E-state index in [1.807, 2.05) is 0 Å². The van der Waals surface area contributed by atoms with E-state index in [-0.39, 0.29) is 0 Å². The molecule has 0 saturated heterocycles. The van der Waals surface area contributed by atoms with Gasteiger partial charge in [0, 0.05) is 0 Å². The Balaban J connectivity index is 2.34. The Bertz CT molecular complexity index is 1050. The Morgan fingerprint density at radius 1 is 0.758 bits per heavy atom. The van der Waals surface area contributed by atoms with Gasteiger partial charge in [0.1, 0.15) is 6.33 Å². The van der Waals surface area contributed by atoms with Crippen molar-refractivity contribution < 1.29 is 41.4 Å². The first-order chi connectivity index (χ1) is 15.4. The molecule has 0 aliphatic heterocycles. The Hall–Kier alpha value is -3.83. The number of nitrogens with zero attached hydrogens (tertiary/aromatic N) is 3. The molecule has 2 atom stereocenters. The van der Waals surface area contributed by atoms with Crippen molar-refractivity contribution >= 4 is 5.91 Å². The predicted molar refractivity (Wildman–Crippen MR) is 102 cm³/mol. The Morgan fingerprint density at radius 2 is 1.18 bits per heavy atom. The van der Waals surface area contributed by atoms with Crippen molar-refractivity contribution in [2.75, 3.05) is 0 Å². The van der Waals surface area contributed by atoms with Crippen LogP contribution in [0.25, 0.3) is 0 Å². The van der Waals surface area contributed by atoms with E-state index in [2.05, 4.69) is 9.97 Å². The lowest BCUT2D eigenvalue weighted by Crippen LogP contribution is -2.49. The molecular weight excluding hydrogens is 456 g/mol. The van der Waals surface area contributed by atoms with Crippen molar-refractivity contribution in [3.63, 3.8) is 0 Å². The van der Waals surface area contributed by atoms with Gasteiger partial charge >= 0.3 is 12.4 Å². The zero-order valence-electron chi connectivity index (χ0n) is 16.4. The van der Waals surface area contributed by atoms with E-state index < -0.39 is 63.7 Å². The summed E-state index contributed by atoms with van der Waals surface area (Å²) in [6.45, 7) is 0. The van der Waals surface area contributed by atoms with Crippen molar-refractivity contribution in [2.45, 2.75) is 24.4 Å². The summed E-state index contributed by atoms with van der Waals surface area (Å²) in [5, 5.41) is 19.5. The highest BCUT2D eigenvalue weighted by atomic mass is 19.4. The minimum atomic E-state index is -5.36. The van der Waals surface area contributed by atoms with Crippen LogP contribution in [-0.4, -0.2) is 43.3 Å². The third-order valence-corrected chi connectivity index (χ3v) is 4.65. The van der Waals surface area contributed by atoms with Crippen molar-refractivity contribution in [3.8, 4) is 11.6 Å². The Labute approximate surface area is 182 Å². The average molecular weight is 471 g/mol. The molecule has 0 bridgehead atoms. The van der Waals surface area contributed by atoms with Crippen molar-refractivity contribution in [1.29, 1.82) is 0 Å². The van der Waals surface area contributed by atoms with E-state index in [9.17, 15) is 41.4 Å². The number of amides is 1. The van der Waals surface area contributed by atoms with E-state index in [0.29, 0.717) is 6.33 Å². The lowest BCUT2D eigenvalue weighted by atomic mass is 9.97. The van der Waals surface area contributed by atoms with Crippen LogP contribution >= 0.6 is 0 Å². The van der Waals surface area contributed by atoms with Gasteiger partial charge in [0.2, 0.25) is 5.75 Å². The van der Waals surface area contributed by atoms with Crippen LogP contribution in [0, 0.1) is 0 Å². The molecule has 0 saturated carbocycles. The fourth-order valence-corrected chi connectivity index (χ4v) is 3.32. The van der Waals surface area contributed by atoms with Gasteiger partial charge in [0.15, 0.2) is 17.8 Å². The summed E-state index contributed by atoms with van der Waals surface area (Å²) < 4.78 is 85.6. The standard InChI is InChI=1S/C21H15F6N3O3/c22-20(23,24)16(12-7-3-1-4-8-12)30(19(33)14-15(31)18(32)29-11-28-14)17(21(25,26)27)13-9-5-2-6-10-13/h1-11,16-17,31H,(H,28,29,32). The van der Waals surface area contributed by atoms with Gasteiger partial charge in [-0.2, -0.15) is 31.3 Å². The Kier molecular flexibility index (Phi) is 6.47. The lowest BCUT2D eigenvalue weighted by molar-refractivity contribution is -0.226. The summed E-state index contributed by atoms with van der Waals surface area (Å²) in [7, 11) is 0. The molecule has 12 heteroatoms. The normalized spacial score (nSPS) is 13.9. The number of alkyl halides is 6. The smallest absolute Gasteiger partial charge is 0.413 e.